The molecule has 1 aromatic carbocycles. The fourth-order valence-corrected chi connectivity index (χ4v) is 3.94. The first kappa shape index (κ1) is 15.5. The second-order valence-electron chi connectivity index (χ2n) is 6.60. The maximum absolute atomic E-state index is 13.0. The quantitative estimate of drug-likeness (QED) is 0.929. The zero-order valence-corrected chi connectivity index (χ0v) is 13.3. The van der Waals surface area contributed by atoms with Crippen LogP contribution in [0.3, 0.4) is 0 Å². The molecule has 2 aliphatic rings. The van der Waals surface area contributed by atoms with E-state index in [9.17, 15) is 9.90 Å². The van der Waals surface area contributed by atoms with Gasteiger partial charge in [-0.3, -0.25) is 9.69 Å². The highest BCUT2D eigenvalue weighted by atomic mass is 16.3. The average molecular weight is 302 g/mol. The van der Waals surface area contributed by atoms with Gasteiger partial charge in [-0.15, -0.1) is 0 Å². The van der Waals surface area contributed by atoms with Gasteiger partial charge in [-0.1, -0.05) is 18.2 Å². The minimum absolute atomic E-state index is 0.0137. The third kappa shape index (κ3) is 3.18. The molecule has 2 heterocycles. The van der Waals surface area contributed by atoms with Gasteiger partial charge < -0.3 is 10.0 Å². The van der Waals surface area contributed by atoms with Crippen LogP contribution >= 0.6 is 0 Å². The molecule has 0 radical (unpaired) electrons. The summed E-state index contributed by atoms with van der Waals surface area (Å²) < 4.78 is 0. The number of anilines is 1. The van der Waals surface area contributed by atoms with Crippen LogP contribution in [0.15, 0.2) is 30.3 Å². The van der Waals surface area contributed by atoms with Crippen molar-refractivity contribution in [2.75, 3.05) is 18.0 Å². The van der Waals surface area contributed by atoms with Crippen molar-refractivity contribution in [3.8, 4) is 0 Å². The van der Waals surface area contributed by atoms with Crippen molar-refractivity contribution in [2.45, 2.75) is 57.2 Å². The number of aliphatic hydroxyl groups is 1. The molecule has 22 heavy (non-hydrogen) atoms. The molecule has 3 unspecified atom stereocenters. The number of nitrogens with zero attached hydrogens (tertiary/aromatic N) is 2. The van der Waals surface area contributed by atoms with Gasteiger partial charge in [0.25, 0.3) is 0 Å². The fourth-order valence-electron chi connectivity index (χ4n) is 3.94. The predicted molar refractivity (Wildman–Crippen MR) is 87.8 cm³/mol. The number of rotatable bonds is 4. The molecule has 3 rings (SSSR count). The minimum Gasteiger partial charge on any atom is -0.393 e. The number of amides is 1. The smallest absolute Gasteiger partial charge is 0.244 e. The molecule has 2 aliphatic heterocycles. The van der Waals surface area contributed by atoms with Crippen LogP contribution in [0.1, 0.15) is 39.0 Å². The summed E-state index contributed by atoms with van der Waals surface area (Å²) in [7, 11) is 0. The Balaban J connectivity index is 1.75. The molecule has 0 aliphatic carbocycles. The standard InChI is InChI=1S/C18H26N2O2/c1-14(21)13-16-9-5-11-19(16)17-10-6-12-20(18(17)22)15-7-3-2-4-8-15/h2-4,7-8,14,16-17,21H,5-6,9-13H2,1H3. The van der Waals surface area contributed by atoms with Gasteiger partial charge in [-0.05, 0) is 57.7 Å². The topological polar surface area (TPSA) is 43.8 Å². The summed E-state index contributed by atoms with van der Waals surface area (Å²) >= 11 is 0. The third-order valence-electron chi connectivity index (χ3n) is 4.91. The number of likely N-dealkylation sites (tertiary alicyclic amines) is 1. The molecule has 4 nitrogen and oxygen atoms in total. The zero-order chi connectivity index (χ0) is 15.5. The van der Waals surface area contributed by atoms with Crippen LogP contribution in [0.2, 0.25) is 0 Å². The summed E-state index contributed by atoms with van der Waals surface area (Å²) in [6, 6.07) is 10.3. The van der Waals surface area contributed by atoms with E-state index in [-0.39, 0.29) is 18.1 Å². The molecule has 1 N–H and O–H groups in total. The molecule has 2 fully saturated rings. The van der Waals surface area contributed by atoms with E-state index in [0.29, 0.717) is 6.04 Å². The molecule has 0 spiro atoms. The molecule has 0 aromatic heterocycles. The van der Waals surface area contributed by atoms with E-state index in [0.717, 1.165) is 50.9 Å². The second-order valence-corrected chi connectivity index (χ2v) is 6.60. The molecule has 0 bridgehead atoms. The highest BCUT2D eigenvalue weighted by Crippen LogP contribution is 2.30. The van der Waals surface area contributed by atoms with Crippen molar-refractivity contribution in [1.82, 2.24) is 4.90 Å². The van der Waals surface area contributed by atoms with Gasteiger partial charge in [-0.25, -0.2) is 0 Å². The van der Waals surface area contributed by atoms with Gasteiger partial charge >= 0.3 is 0 Å². The Hall–Kier alpha value is -1.39. The normalized spacial score (nSPS) is 28.1. The molecule has 3 atom stereocenters. The summed E-state index contributed by atoms with van der Waals surface area (Å²) in [5.41, 5.74) is 1.00. The number of benzene rings is 1. The number of para-hydroxylation sites is 1. The van der Waals surface area contributed by atoms with E-state index >= 15 is 0 Å². The third-order valence-corrected chi connectivity index (χ3v) is 4.91. The largest absolute Gasteiger partial charge is 0.393 e. The summed E-state index contributed by atoms with van der Waals surface area (Å²) in [6.45, 7) is 3.64. The molecular weight excluding hydrogens is 276 g/mol. The maximum atomic E-state index is 13.0. The number of piperidine rings is 1. The van der Waals surface area contributed by atoms with E-state index in [2.05, 4.69) is 4.90 Å². The first-order valence-electron chi connectivity index (χ1n) is 8.47. The van der Waals surface area contributed by atoms with Crippen molar-refractivity contribution in [3.05, 3.63) is 30.3 Å². The highest BCUT2D eigenvalue weighted by molar-refractivity contribution is 5.97. The molecule has 120 valence electrons. The lowest BCUT2D eigenvalue weighted by Gasteiger charge is -2.39. The van der Waals surface area contributed by atoms with Gasteiger partial charge in [0.1, 0.15) is 0 Å². The summed E-state index contributed by atoms with van der Waals surface area (Å²) in [6.07, 6.45) is 4.69. The molecule has 4 heteroatoms. The Kier molecular flexibility index (Phi) is 4.79. The Bertz CT molecular complexity index is 503. The fraction of sp³-hybridized carbons (Fsp3) is 0.611. The van der Waals surface area contributed by atoms with E-state index in [1.807, 2.05) is 42.2 Å². The minimum atomic E-state index is -0.297. The molecule has 0 saturated carbocycles. The van der Waals surface area contributed by atoms with E-state index in [1.54, 1.807) is 0 Å². The summed E-state index contributed by atoms with van der Waals surface area (Å²) in [4.78, 5) is 17.3. The van der Waals surface area contributed by atoms with E-state index in [1.165, 1.54) is 0 Å². The molecule has 1 aromatic rings. The molecular formula is C18H26N2O2. The van der Waals surface area contributed by atoms with Gasteiger partial charge in [0, 0.05) is 18.3 Å². The van der Waals surface area contributed by atoms with Crippen LogP contribution in [0.25, 0.3) is 0 Å². The van der Waals surface area contributed by atoms with Gasteiger partial charge in [0.15, 0.2) is 0 Å². The van der Waals surface area contributed by atoms with Gasteiger partial charge in [-0.2, -0.15) is 0 Å². The zero-order valence-electron chi connectivity index (χ0n) is 13.3. The lowest BCUT2D eigenvalue weighted by atomic mass is 9.99. The lowest BCUT2D eigenvalue weighted by Crippen LogP contribution is -2.54. The number of hydrogen-bond donors (Lipinski definition) is 1. The van der Waals surface area contributed by atoms with Crippen molar-refractivity contribution in [1.29, 1.82) is 0 Å². The predicted octanol–water partition coefficient (Wildman–Crippen LogP) is 2.42. The first-order chi connectivity index (χ1) is 10.7. The summed E-state index contributed by atoms with van der Waals surface area (Å²) in [5, 5.41) is 9.70. The van der Waals surface area contributed by atoms with Crippen LogP contribution in [0.5, 0.6) is 0 Å². The van der Waals surface area contributed by atoms with Crippen LogP contribution in [-0.2, 0) is 4.79 Å². The van der Waals surface area contributed by atoms with Crippen molar-refractivity contribution < 1.29 is 9.90 Å². The molecule has 1 amide bonds. The SMILES string of the molecule is CC(O)CC1CCCN1C1CCCN(c2ccccc2)C1=O. The highest BCUT2D eigenvalue weighted by Gasteiger charge is 2.39. The van der Waals surface area contributed by atoms with Gasteiger partial charge in [0.05, 0.1) is 12.1 Å². The second kappa shape index (κ2) is 6.80. The first-order valence-corrected chi connectivity index (χ1v) is 8.47. The van der Waals surface area contributed by atoms with Crippen molar-refractivity contribution in [2.24, 2.45) is 0 Å². The Morgan fingerprint density at radius 1 is 1.18 bits per heavy atom. The average Bonchev–Trinajstić information content (AvgIpc) is 2.95. The molecule has 2 saturated heterocycles. The van der Waals surface area contributed by atoms with Gasteiger partial charge in [0.2, 0.25) is 5.91 Å². The number of hydrogen-bond acceptors (Lipinski definition) is 3. The van der Waals surface area contributed by atoms with Crippen molar-refractivity contribution in [3.63, 3.8) is 0 Å². The van der Waals surface area contributed by atoms with Crippen molar-refractivity contribution >= 4 is 11.6 Å². The lowest BCUT2D eigenvalue weighted by molar-refractivity contribution is -0.126. The number of aliphatic hydroxyl groups excluding tert-OH is 1. The van der Waals surface area contributed by atoms with Crippen LogP contribution < -0.4 is 4.90 Å². The van der Waals surface area contributed by atoms with E-state index in [4.69, 9.17) is 0 Å². The Labute approximate surface area is 132 Å². The Morgan fingerprint density at radius 2 is 1.91 bits per heavy atom. The number of carbonyl (C=O) groups is 1. The maximum Gasteiger partial charge on any atom is 0.244 e. The van der Waals surface area contributed by atoms with E-state index < -0.39 is 0 Å². The van der Waals surface area contributed by atoms with Crippen LogP contribution in [-0.4, -0.2) is 47.2 Å². The monoisotopic (exact) mass is 302 g/mol. The number of carbonyl (C=O) groups excluding carboxylic acids is 1. The Morgan fingerprint density at radius 3 is 2.64 bits per heavy atom. The van der Waals surface area contributed by atoms with Crippen LogP contribution in [0.4, 0.5) is 5.69 Å². The van der Waals surface area contributed by atoms with Crippen LogP contribution in [0, 0.1) is 0 Å². The summed E-state index contributed by atoms with van der Waals surface area (Å²) in [5.74, 6) is 0.231.